The van der Waals surface area contributed by atoms with E-state index in [1.54, 1.807) is 24.1 Å². The second kappa shape index (κ2) is 7.69. The topological polar surface area (TPSA) is 104 Å². The highest BCUT2D eigenvalue weighted by Crippen LogP contribution is 2.26. The van der Waals surface area contributed by atoms with E-state index in [0.29, 0.717) is 41.6 Å². The second-order valence-corrected chi connectivity index (χ2v) is 7.19. The summed E-state index contributed by atoms with van der Waals surface area (Å²) < 4.78 is 5.26. The van der Waals surface area contributed by atoms with Gasteiger partial charge in [0.1, 0.15) is 4.88 Å². The molecule has 8 nitrogen and oxygen atoms in total. The first kappa shape index (κ1) is 18.1. The smallest absolute Gasteiger partial charge is 0.306 e. The van der Waals surface area contributed by atoms with Crippen molar-refractivity contribution in [3.05, 3.63) is 29.5 Å². The summed E-state index contributed by atoms with van der Waals surface area (Å²) in [5, 5.41) is 9.62. The number of hydrogen-bond donors (Lipinski definition) is 1. The van der Waals surface area contributed by atoms with Crippen molar-refractivity contribution in [3.8, 4) is 10.8 Å². The number of aliphatic carboxylic acids is 1. The summed E-state index contributed by atoms with van der Waals surface area (Å²) in [5.74, 6) is -1.08. The van der Waals surface area contributed by atoms with E-state index in [9.17, 15) is 14.4 Å². The average molecular weight is 377 g/mol. The molecular weight excluding hydrogens is 358 g/mol. The van der Waals surface area contributed by atoms with Gasteiger partial charge in [-0.2, -0.15) is 0 Å². The Morgan fingerprint density at radius 2 is 2.12 bits per heavy atom. The number of likely N-dealkylation sites (N-methyl/N-ethyl adjacent to an activating group) is 1. The fraction of sp³-hybridized carbons (Fsp3) is 0.412. The zero-order valence-electron chi connectivity index (χ0n) is 14.3. The van der Waals surface area contributed by atoms with E-state index in [4.69, 9.17) is 9.52 Å². The molecule has 0 bridgehead atoms. The molecule has 3 rings (SSSR count). The fourth-order valence-corrected chi connectivity index (χ4v) is 3.70. The Kier molecular flexibility index (Phi) is 5.36. The molecule has 0 spiro atoms. The molecule has 2 aromatic rings. The Morgan fingerprint density at radius 3 is 2.73 bits per heavy atom. The Hall–Kier alpha value is -2.68. The SMILES string of the molecule is CN(CC(=O)N1CCC(C(=O)O)CC1)C(=O)c1cnc(-c2ccco2)s1. The molecule has 1 fully saturated rings. The van der Waals surface area contributed by atoms with Crippen LogP contribution in [0, 0.1) is 5.92 Å². The zero-order valence-corrected chi connectivity index (χ0v) is 15.1. The molecular formula is C17H19N3O5S. The molecule has 1 saturated heterocycles. The average Bonchev–Trinajstić information content (AvgIpc) is 3.32. The number of aromatic nitrogens is 1. The van der Waals surface area contributed by atoms with Crippen molar-refractivity contribution in [2.24, 2.45) is 5.92 Å². The Balaban J connectivity index is 1.56. The van der Waals surface area contributed by atoms with E-state index < -0.39 is 11.9 Å². The molecule has 1 aliphatic heterocycles. The highest BCUT2D eigenvalue weighted by molar-refractivity contribution is 7.16. The fourth-order valence-electron chi connectivity index (χ4n) is 2.83. The number of rotatable bonds is 5. The van der Waals surface area contributed by atoms with Crippen LogP contribution < -0.4 is 0 Å². The normalized spacial score (nSPS) is 15.0. The van der Waals surface area contributed by atoms with Crippen molar-refractivity contribution in [2.75, 3.05) is 26.7 Å². The van der Waals surface area contributed by atoms with Crippen molar-refractivity contribution in [1.82, 2.24) is 14.8 Å². The molecule has 26 heavy (non-hydrogen) atoms. The molecule has 0 radical (unpaired) electrons. The zero-order chi connectivity index (χ0) is 18.7. The number of furan rings is 1. The van der Waals surface area contributed by atoms with Crippen LogP contribution in [0.5, 0.6) is 0 Å². The molecule has 1 N–H and O–H groups in total. The molecule has 3 heterocycles. The summed E-state index contributed by atoms with van der Waals surface area (Å²) in [6.07, 6.45) is 3.90. The molecule has 0 saturated carbocycles. The molecule has 2 aromatic heterocycles. The van der Waals surface area contributed by atoms with Gasteiger partial charge in [0.15, 0.2) is 10.8 Å². The third kappa shape index (κ3) is 3.93. The standard InChI is InChI=1S/C17H19N3O5S/c1-19(10-14(21)20-6-4-11(5-7-20)17(23)24)16(22)13-9-18-15(26-13)12-3-2-8-25-12/h2-3,8-9,11H,4-7,10H2,1H3,(H,23,24). The highest BCUT2D eigenvalue weighted by Gasteiger charge is 2.28. The van der Waals surface area contributed by atoms with Gasteiger partial charge in [0, 0.05) is 20.1 Å². The molecule has 2 amide bonds. The number of hydrogen-bond acceptors (Lipinski definition) is 6. The number of nitrogens with zero attached hydrogens (tertiary/aromatic N) is 3. The molecule has 0 aromatic carbocycles. The summed E-state index contributed by atoms with van der Waals surface area (Å²) >= 11 is 1.21. The number of amides is 2. The van der Waals surface area contributed by atoms with Crippen molar-refractivity contribution in [1.29, 1.82) is 0 Å². The van der Waals surface area contributed by atoms with Gasteiger partial charge in [0.2, 0.25) is 5.91 Å². The lowest BCUT2D eigenvalue weighted by molar-refractivity contribution is -0.145. The summed E-state index contributed by atoms with van der Waals surface area (Å²) in [7, 11) is 1.57. The molecule has 0 unspecified atom stereocenters. The number of carboxylic acid groups (broad SMARTS) is 1. The van der Waals surface area contributed by atoms with Crippen molar-refractivity contribution in [3.63, 3.8) is 0 Å². The Morgan fingerprint density at radius 1 is 1.38 bits per heavy atom. The molecule has 0 atom stereocenters. The van der Waals surface area contributed by atoms with Gasteiger partial charge in [-0.3, -0.25) is 14.4 Å². The third-order valence-corrected chi connectivity index (χ3v) is 5.36. The molecule has 1 aliphatic rings. The van der Waals surface area contributed by atoms with E-state index in [2.05, 4.69) is 4.98 Å². The van der Waals surface area contributed by atoms with Gasteiger partial charge >= 0.3 is 5.97 Å². The number of carbonyl (C=O) groups is 3. The summed E-state index contributed by atoms with van der Waals surface area (Å²) in [4.78, 5) is 43.4. The van der Waals surface area contributed by atoms with Crippen LogP contribution in [-0.2, 0) is 9.59 Å². The van der Waals surface area contributed by atoms with Crippen LogP contribution >= 0.6 is 11.3 Å². The maximum absolute atomic E-state index is 12.5. The van der Waals surface area contributed by atoms with Gasteiger partial charge in [-0.15, -0.1) is 11.3 Å². The van der Waals surface area contributed by atoms with Gasteiger partial charge < -0.3 is 19.3 Å². The maximum atomic E-state index is 12.5. The largest absolute Gasteiger partial charge is 0.481 e. The van der Waals surface area contributed by atoms with Gasteiger partial charge in [-0.1, -0.05) is 0 Å². The van der Waals surface area contributed by atoms with Gasteiger partial charge in [0.25, 0.3) is 5.91 Å². The minimum Gasteiger partial charge on any atom is -0.481 e. The molecule has 0 aliphatic carbocycles. The van der Waals surface area contributed by atoms with E-state index in [-0.39, 0.29) is 18.4 Å². The van der Waals surface area contributed by atoms with E-state index >= 15 is 0 Å². The first-order chi connectivity index (χ1) is 12.5. The number of piperidine rings is 1. The number of likely N-dealkylation sites (tertiary alicyclic amines) is 1. The maximum Gasteiger partial charge on any atom is 0.306 e. The Bertz CT molecular complexity index is 793. The number of carboxylic acids is 1. The van der Waals surface area contributed by atoms with Crippen molar-refractivity contribution < 1.29 is 23.9 Å². The van der Waals surface area contributed by atoms with Gasteiger partial charge in [0.05, 0.1) is 24.9 Å². The van der Waals surface area contributed by atoms with Crippen LogP contribution in [0.3, 0.4) is 0 Å². The van der Waals surface area contributed by atoms with Crippen LogP contribution in [0.4, 0.5) is 0 Å². The van der Waals surface area contributed by atoms with Crippen LogP contribution in [-0.4, -0.2) is 64.4 Å². The lowest BCUT2D eigenvalue weighted by atomic mass is 9.97. The monoisotopic (exact) mass is 377 g/mol. The highest BCUT2D eigenvalue weighted by atomic mass is 32.1. The van der Waals surface area contributed by atoms with E-state index in [1.807, 2.05) is 0 Å². The van der Waals surface area contributed by atoms with Crippen LogP contribution in [0.15, 0.2) is 29.0 Å². The second-order valence-electron chi connectivity index (χ2n) is 6.16. The summed E-state index contributed by atoms with van der Waals surface area (Å²) in [6.45, 7) is 0.757. The van der Waals surface area contributed by atoms with Gasteiger partial charge in [-0.05, 0) is 25.0 Å². The minimum atomic E-state index is -0.818. The lowest BCUT2D eigenvalue weighted by Crippen LogP contribution is -2.45. The van der Waals surface area contributed by atoms with E-state index in [1.165, 1.54) is 28.7 Å². The molecule has 138 valence electrons. The van der Waals surface area contributed by atoms with Crippen LogP contribution in [0.1, 0.15) is 22.5 Å². The first-order valence-electron chi connectivity index (χ1n) is 8.21. The number of thiazole rings is 1. The quantitative estimate of drug-likeness (QED) is 0.852. The predicted octanol–water partition coefficient (Wildman–Crippen LogP) is 1.80. The minimum absolute atomic E-state index is 0.0510. The molecule has 9 heteroatoms. The van der Waals surface area contributed by atoms with E-state index in [0.717, 1.165) is 0 Å². The summed E-state index contributed by atoms with van der Waals surface area (Å²) in [6, 6.07) is 3.51. The van der Waals surface area contributed by atoms with Gasteiger partial charge in [-0.25, -0.2) is 4.98 Å². The van der Waals surface area contributed by atoms with Crippen LogP contribution in [0.25, 0.3) is 10.8 Å². The number of carbonyl (C=O) groups excluding carboxylic acids is 2. The summed E-state index contributed by atoms with van der Waals surface area (Å²) in [5.41, 5.74) is 0. The predicted molar refractivity (Wildman–Crippen MR) is 93.7 cm³/mol. The van der Waals surface area contributed by atoms with Crippen molar-refractivity contribution in [2.45, 2.75) is 12.8 Å². The third-order valence-electron chi connectivity index (χ3n) is 4.36. The van der Waals surface area contributed by atoms with Crippen LogP contribution in [0.2, 0.25) is 0 Å². The van der Waals surface area contributed by atoms with Crippen molar-refractivity contribution >= 4 is 29.1 Å². The Labute approximate surface area is 154 Å². The first-order valence-corrected chi connectivity index (χ1v) is 9.03. The lowest BCUT2D eigenvalue weighted by Gasteiger charge is -2.31.